The number of ketones is 1. The molecule has 0 bridgehead atoms. The Morgan fingerprint density at radius 2 is 1.83 bits per heavy atom. The predicted molar refractivity (Wildman–Crippen MR) is 84.1 cm³/mol. The second-order valence-corrected chi connectivity index (χ2v) is 4.97. The van der Waals surface area contributed by atoms with Crippen LogP contribution in [0.2, 0.25) is 0 Å². The number of aromatic nitrogens is 1. The number of carbonyl (C=O) groups is 1. The number of rotatable bonds is 2. The first kappa shape index (κ1) is 14.6. The highest BCUT2D eigenvalue weighted by molar-refractivity contribution is 6.23. The summed E-state index contributed by atoms with van der Waals surface area (Å²) in [5, 5.41) is 19.3. The summed E-state index contributed by atoms with van der Waals surface area (Å²) in [6, 6.07) is 8.57. The molecule has 1 aliphatic rings. The highest BCUT2D eigenvalue weighted by Crippen LogP contribution is 2.17. The second kappa shape index (κ2) is 5.80. The van der Waals surface area contributed by atoms with Gasteiger partial charge in [-0.2, -0.15) is 0 Å². The standard InChI is InChI=1S/C16H12N4O3/c1-19-9-8-14(15(10-19)20(22)23)18-17-13-6-7-16(21)12-5-3-2-4-11(12)13/h2-10H,1H3/b17-13-,18-14-. The van der Waals surface area contributed by atoms with E-state index in [0.29, 0.717) is 16.8 Å². The van der Waals surface area contributed by atoms with E-state index in [2.05, 4.69) is 10.2 Å². The van der Waals surface area contributed by atoms with E-state index in [1.165, 1.54) is 18.3 Å². The van der Waals surface area contributed by atoms with E-state index < -0.39 is 4.92 Å². The number of carbonyl (C=O) groups excluding carboxylic acids is 1. The molecule has 23 heavy (non-hydrogen) atoms. The van der Waals surface area contributed by atoms with Crippen LogP contribution in [0.4, 0.5) is 5.69 Å². The Morgan fingerprint density at radius 1 is 1.09 bits per heavy atom. The van der Waals surface area contributed by atoms with Gasteiger partial charge in [0, 0.05) is 24.4 Å². The largest absolute Gasteiger partial charge is 0.351 e. The molecular formula is C16H12N4O3. The zero-order chi connectivity index (χ0) is 16.4. The Hall–Kier alpha value is -3.35. The third-order valence-corrected chi connectivity index (χ3v) is 3.38. The molecule has 0 saturated carbocycles. The fourth-order valence-corrected chi connectivity index (χ4v) is 2.25. The quantitative estimate of drug-likeness (QED) is 0.627. The second-order valence-electron chi connectivity index (χ2n) is 4.97. The lowest BCUT2D eigenvalue weighted by molar-refractivity contribution is -0.386. The molecule has 0 atom stereocenters. The number of benzene rings is 1. The topological polar surface area (TPSA) is 89.9 Å². The first-order valence-corrected chi connectivity index (χ1v) is 6.80. The molecule has 1 heterocycles. The number of allylic oxidation sites excluding steroid dienone is 2. The van der Waals surface area contributed by atoms with Gasteiger partial charge in [0.25, 0.3) is 0 Å². The van der Waals surface area contributed by atoms with E-state index in [1.807, 2.05) is 0 Å². The molecule has 1 aromatic heterocycles. The lowest BCUT2D eigenvalue weighted by Crippen LogP contribution is -2.13. The van der Waals surface area contributed by atoms with Gasteiger partial charge < -0.3 is 4.57 Å². The average Bonchev–Trinajstić information content (AvgIpc) is 2.55. The Balaban J connectivity index is 2.12. The van der Waals surface area contributed by atoms with Gasteiger partial charge in [-0.25, -0.2) is 0 Å². The van der Waals surface area contributed by atoms with Gasteiger partial charge in [0.15, 0.2) is 11.1 Å². The molecule has 0 N–H and O–H groups in total. The summed E-state index contributed by atoms with van der Waals surface area (Å²) >= 11 is 0. The van der Waals surface area contributed by atoms with E-state index in [4.69, 9.17) is 0 Å². The summed E-state index contributed by atoms with van der Waals surface area (Å²) in [6.07, 6.45) is 5.99. The van der Waals surface area contributed by atoms with Gasteiger partial charge in [-0.1, -0.05) is 24.3 Å². The van der Waals surface area contributed by atoms with Crippen LogP contribution in [0.1, 0.15) is 15.9 Å². The van der Waals surface area contributed by atoms with Gasteiger partial charge in [0.2, 0.25) is 0 Å². The van der Waals surface area contributed by atoms with E-state index in [1.54, 1.807) is 48.2 Å². The fraction of sp³-hybridized carbons (Fsp3) is 0.0625. The first-order valence-electron chi connectivity index (χ1n) is 6.80. The Kier molecular flexibility index (Phi) is 3.68. The van der Waals surface area contributed by atoms with Gasteiger partial charge in [0.1, 0.15) is 0 Å². The first-order chi connectivity index (χ1) is 11.1. The van der Waals surface area contributed by atoms with Crippen molar-refractivity contribution in [3.63, 3.8) is 0 Å². The van der Waals surface area contributed by atoms with Crippen LogP contribution in [0.25, 0.3) is 0 Å². The van der Waals surface area contributed by atoms with Crippen molar-refractivity contribution in [3.8, 4) is 0 Å². The van der Waals surface area contributed by atoms with E-state index in [9.17, 15) is 14.9 Å². The zero-order valence-electron chi connectivity index (χ0n) is 12.2. The normalized spacial score (nSPS) is 15.8. The minimum atomic E-state index is -0.507. The summed E-state index contributed by atoms with van der Waals surface area (Å²) in [5.74, 6) is -0.0998. The van der Waals surface area contributed by atoms with Gasteiger partial charge in [-0.05, 0) is 18.2 Å². The number of fused-ring (bicyclic) bond motifs is 1. The summed E-state index contributed by atoms with van der Waals surface area (Å²) in [4.78, 5) is 22.4. The van der Waals surface area contributed by atoms with E-state index in [0.717, 1.165) is 0 Å². The summed E-state index contributed by atoms with van der Waals surface area (Å²) in [6.45, 7) is 0. The minimum absolute atomic E-state index is 0.0998. The Morgan fingerprint density at radius 3 is 2.57 bits per heavy atom. The van der Waals surface area contributed by atoms with Crippen LogP contribution in [0.5, 0.6) is 0 Å². The third-order valence-electron chi connectivity index (χ3n) is 3.38. The SMILES string of the molecule is Cn1cc/c(=N/N=C2/C=CC(=O)c3ccccc32)c([N+](=O)[O-])c1. The maximum atomic E-state index is 11.8. The molecule has 0 fully saturated rings. The van der Waals surface area contributed by atoms with Crippen molar-refractivity contribution in [1.29, 1.82) is 0 Å². The van der Waals surface area contributed by atoms with Gasteiger partial charge in [0.05, 0.1) is 16.8 Å². The van der Waals surface area contributed by atoms with Crippen molar-refractivity contribution in [1.82, 2.24) is 4.57 Å². The Labute approximate surface area is 131 Å². The molecule has 7 nitrogen and oxygen atoms in total. The Bertz CT molecular complexity index is 938. The highest BCUT2D eigenvalue weighted by atomic mass is 16.6. The van der Waals surface area contributed by atoms with Crippen molar-refractivity contribution >= 4 is 17.2 Å². The van der Waals surface area contributed by atoms with Crippen molar-refractivity contribution in [2.45, 2.75) is 0 Å². The van der Waals surface area contributed by atoms with Crippen molar-refractivity contribution in [3.05, 3.63) is 81.5 Å². The molecule has 1 aliphatic carbocycles. The lowest BCUT2D eigenvalue weighted by Gasteiger charge is -2.10. The predicted octanol–water partition coefficient (Wildman–Crippen LogP) is 1.99. The van der Waals surface area contributed by atoms with Gasteiger partial charge in [-0.3, -0.25) is 14.9 Å². The van der Waals surface area contributed by atoms with Crippen LogP contribution in [-0.2, 0) is 7.05 Å². The zero-order valence-corrected chi connectivity index (χ0v) is 12.2. The number of pyridine rings is 1. The summed E-state index contributed by atoms with van der Waals surface area (Å²) in [7, 11) is 1.69. The summed E-state index contributed by atoms with van der Waals surface area (Å²) < 4.78 is 1.57. The molecular weight excluding hydrogens is 296 g/mol. The monoisotopic (exact) mass is 308 g/mol. The molecule has 0 aliphatic heterocycles. The number of nitro groups is 1. The maximum absolute atomic E-state index is 11.8. The summed E-state index contributed by atoms with van der Waals surface area (Å²) in [5.41, 5.74) is 1.55. The fourth-order valence-electron chi connectivity index (χ4n) is 2.25. The van der Waals surface area contributed by atoms with Crippen molar-refractivity contribution in [2.75, 3.05) is 0 Å². The van der Waals surface area contributed by atoms with Crippen LogP contribution in [0, 0.1) is 10.1 Å². The molecule has 0 amide bonds. The van der Waals surface area contributed by atoms with Crippen molar-refractivity contribution < 1.29 is 9.72 Å². The van der Waals surface area contributed by atoms with E-state index in [-0.39, 0.29) is 16.8 Å². The maximum Gasteiger partial charge on any atom is 0.312 e. The van der Waals surface area contributed by atoms with Crippen molar-refractivity contribution in [2.24, 2.45) is 17.3 Å². The van der Waals surface area contributed by atoms with Crippen LogP contribution in [0.15, 0.2) is 65.1 Å². The molecule has 7 heteroatoms. The van der Waals surface area contributed by atoms with Crippen LogP contribution in [0.3, 0.4) is 0 Å². The third kappa shape index (κ3) is 2.84. The molecule has 3 rings (SSSR count). The lowest BCUT2D eigenvalue weighted by atomic mass is 9.94. The highest BCUT2D eigenvalue weighted by Gasteiger charge is 2.16. The molecule has 2 aromatic rings. The number of nitrogens with zero attached hydrogens (tertiary/aromatic N) is 4. The van der Waals surface area contributed by atoms with Crippen LogP contribution < -0.4 is 5.36 Å². The van der Waals surface area contributed by atoms with Crippen LogP contribution >= 0.6 is 0 Å². The molecule has 0 saturated heterocycles. The molecule has 114 valence electrons. The van der Waals surface area contributed by atoms with Gasteiger partial charge >= 0.3 is 5.69 Å². The smallest absolute Gasteiger partial charge is 0.312 e. The number of hydrogen-bond donors (Lipinski definition) is 0. The average molecular weight is 308 g/mol. The molecule has 0 spiro atoms. The molecule has 1 aromatic carbocycles. The molecule has 0 unspecified atom stereocenters. The van der Waals surface area contributed by atoms with Gasteiger partial charge in [-0.15, -0.1) is 10.2 Å². The molecule has 0 radical (unpaired) electrons. The number of aryl methyl sites for hydroxylation is 1. The number of hydrogen-bond acceptors (Lipinski definition) is 5. The van der Waals surface area contributed by atoms with Crippen LogP contribution in [-0.4, -0.2) is 21.0 Å². The minimum Gasteiger partial charge on any atom is -0.351 e. The van der Waals surface area contributed by atoms with E-state index >= 15 is 0 Å².